The molecule has 1 aliphatic carbocycles. The van der Waals surface area contributed by atoms with Crippen LogP contribution in [0.2, 0.25) is 0 Å². The molecule has 1 atom stereocenters. The minimum absolute atomic E-state index is 0.0432. The number of nitrogens with one attached hydrogen (secondary N) is 1. The molecule has 2 heterocycles. The van der Waals surface area contributed by atoms with Crippen molar-refractivity contribution in [1.29, 1.82) is 0 Å². The van der Waals surface area contributed by atoms with Crippen molar-refractivity contribution in [2.24, 2.45) is 0 Å². The van der Waals surface area contributed by atoms with E-state index in [4.69, 9.17) is 9.47 Å². The first kappa shape index (κ1) is 17.8. The molecule has 1 aromatic heterocycles. The van der Waals surface area contributed by atoms with Crippen LogP contribution in [0, 0.1) is 0 Å². The van der Waals surface area contributed by atoms with Crippen LogP contribution in [0.1, 0.15) is 47.4 Å². The molecule has 148 valence electrons. The van der Waals surface area contributed by atoms with Gasteiger partial charge in [-0.15, -0.1) is 0 Å². The Kier molecular flexibility index (Phi) is 4.46. The fourth-order valence-corrected chi connectivity index (χ4v) is 4.17. The second kappa shape index (κ2) is 7.28. The van der Waals surface area contributed by atoms with Crippen molar-refractivity contribution in [3.63, 3.8) is 0 Å². The van der Waals surface area contributed by atoms with E-state index in [-0.39, 0.29) is 18.7 Å². The fraction of sp³-hybridized carbons (Fsp3) is 0.304. The van der Waals surface area contributed by atoms with Crippen molar-refractivity contribution < 1.29 is 14.3 Å². The summed E-state index contributed by atoms with van der Waals surface area (Å²) in [4.78, 5) is 13.1. The number of fused-ring (bicyclic) bond motifs is 2. The van der Waals surface area contributed by atoms with Crippen LogP contribution in [0.4, 0.5) is 0 Å². The first-order valence-electron chi connectivity index (χ1n) is 10.1. The Hall–Kier alpha value is -3.28. The van der Waals surface area contributed by atoms with Crippen molar-refractivity contribution in [1.82, 2.24) is 15.1 Å². The number of hydrogen-bond donors (Lipinski definition) is 1. The summed E-state index contributed by atoms with van der Waals surface area (Å²) in [5, 5.41) is 7.87. The molecule has 2 aromatic carbocycles. The number of ether oxygens (including phenoxy) is 2. The lowest BCUT2D eigenvalue weighted by atomic mass is 9.87. The van der Waals surface area contributed by atoms with Crippen LogP contribution in [-0.4, -0.2) is 22.5 Å². The smallest absolute Gasteiger partial charge is 0.270 e. The van der Waals surface area contributed by atoms with E-state index < -0.39 is 0 Å². The van der Waals surface area contributed by atoms with E-state index in [1.807, 2.05) is 37.3 Å². The molecular formula is C23H23N3O3. The minimum Gasteiger partial charge on any atom is -0.454 e. The van der Waals surface area contributed by atoms with Crippen molar-refractivity contribution in [2.45, 2.75) is 38.8 Å². The summed E-state index contributed by atoms with van der Waals surface area (Å²) in [6.07, 6.45) is 3.11. The Balaban J connectivity index is 1.42. The van der Waals surface area contributed by atoms with Crippen LogP contribution in [0.5, 0.6) is 11.5 Å². The third kappa shape index (κ3) is 3.24. The average molecular weight is 389 g/mol. The van der Waals surface area contributed by atoms with Gasteiger partial charge in [0.1, 0.15) is 5.69 Å². The molecule has 0 unspecified atom stereocenters. The third-order valence-electron chi connectivity index (χ3n) is 5.66. The maximum Gasteiger partial charge on any atom is 0.270 e. The fourth-order valence-electron chi connectivity index (χ4n) is 4.17. The van der Waals surface area contributed by atoms with Crippen LogP contribution in [0.3, 0.4) is 0 Å². The Bertz CT molecular complexity index is 1070. The summed E-state index contributed by atoms with van der Waals surface area (Å²) in [7, 11) is 0. The molecule has 6 heteroatoms. The van der Waals surface area contributed by atoms with Gasteiger partial charge in [0.25, 0.3) is 5.91 Å². The molecular weight excluding hydrogens is 366 g/mol. The molecule has 1 amide bonds. The van der Waals surface area contributed by atoms with Gasteiger partial charge in [-0.05, 0) is 61.6 Å². The topological polar surface area (TPSA) is 65.4 Å². The summed E-state index contributed by atoms with van der Waals surface area (Å²) < 4.78 is 12.6. The molecule has 0 radical (unpaired) electrons. The number of amides is 1. The molecule has 0 bridgehead atoms. The molecule has 1 aliphatic heterocycles. The highest BCUT2D eigenvalue weighted by Gasteiger charge is 2.24. The first-order chi connectivity index (χ1) is 14.2. The number of hydrogen-bond acceptors (Lipinski definition) is 4. The highest BCUT2D eigenvalue weighted by atomic mass is 16.7. The summed E-state index contributed by atoms with van der Waals surface area (Å²) in [5.41, 5.74) is 4.78. The second-order valence-corrected chi connectivity index (χ2v) is 7.42. The van der Waals surface area contributed by atoms with E-state index in [1.165, 1.54) is 11.1 Å². The maximum atomic E-state index is 13.1. The molecule has 0 spiro atoms. The van der Waals surface area contributed by atoms with Gasteiger partial charge in [0.2, 0.25) is 6.79 Å². The molecule has 0 saturated heterocycles. The van der Waals surface area contributed by atoms with Gasteiger partial charge >= 0.3 is 0 Å². The van der Waals surface area contributed by atoms with E-state index in [1.54, 1.807) is 4.68 Å². The number of nitrogens with zero attached hydrogens (tertiary/aromatic N) is 2. The van der Waals surface area contributed by atoms with E-state index in [2.05, 4.69) is 28.6 Å². The van der Waals surface area contributed by atoms with Gasteiger partial charge < -0.3 is 14.8 Å². The predicted molar refractivity (Wildman–Crippen MR) is 109 cm³/mol. The summed E-state index contributed by atoms with van der Waals surface area (Å²) in [6.45, 7) is 2.84. The zero-order valence-corrected chi connectivity index (χ0v) is 16.4. The Morgan fingerprint density at radius 3 is 2.93 bits per heavy atom. The van der Waals surface area contributed by atoms with Crippen LogP contribution < -0.4 is 14.8 Å². The standard InChI is InChI=1S/C23H23N3O3/c1-2-26-20(13-19(25-26)16-10-11-21-22(12-16)29-14-28-21)23(27)24-18-9-5-7-15-6-3-4-8-17(15)18/h3-4,6,8,10-13,18H,2,5,7,9,14H2,1H3,(H,24,27)/t18-/m0/s1. The number of carbonyl (C=O) groups excluding carboxylic acids is 1. The van der Waals surface area contributed by atoms with E-state index in [0.29, 0.717) is 18.0 Å². The Labute approximate surface area is 169 Å². The van der Waals surface area contributed by atoms with Crippen LogP contribution in [0.25, 0.3) is 11.3 Å². The highest BCUT2D eigenvalue weighted by molar-refractivity contribution is 5.94. The van der Waals surface area contributed by atoms with Gasteiger partial charge in [0.05, 0.1) is 11.7 Å². The van der Waals surface area contributed by atoms with Gasteiger partial charge in [-0.2, -0.15) is 5.10 Å². The molecule has 0 saturated carbocycles. The van der Waals surface area contributed by atoms with Crippen LogP contribution >= 0.6 is 0 Å². The van der Waals surface area contributed by atoms with Crippen molar-refractivity contribution in [2.75, 3.05) is 6.79 Å². The Morgan fingerprint density at radius 1 is 1.17 bits per heavy atom. The number of benzene rings is 2. The number of carbonyl (C=O) groups is 1. The molecule has 6 nitrogen and oxygen atoms in total. The molecule has 2 aliphatic rings. The van der Waals surface area contributed by atoms with Gasteiger partial charge in [-0.3, -0.25) is 9.48 Å². The van der Waals surface area contributed by atoms with E-state index >= 15 is 0 Å². The zero-order chi connectivity index (χ0) is 19.8. The van der Waals surface area contributed by atoms with Crippen molar-refractivity contribution >= 4 is 5.91 Å². The van der Waals surface area contributed by atoms with Crippen LogP contribution in [-0.2, 0) is 13.0 Å². The van der Waals surface area contributed by atoms with Gasteiger partial charge in [-0.1, -0.05) is 24.3 Å². The van der Waals surface area contributed by atoms with E-state index in [0.717, 1.165) is 36.3 Å². The molecule has 3 aromatic rings. The SMILES string of the molecule is CCn1nc(-c2ccc3c(c2)OCO3)cc1C(=O)N[C@H]1CCCc2ccccc21. The lowest BCUT2D eigenvalue weighted by Gasteiger charge is -2.26. The quantitative estimate of drug-likeness (QED) is 0.729. The molecule has 0 fully saturated rings. The van der Waals surface area contributed by atoms with Gasteiger partial charge in [0, 0.05) is 12.1 Å². The maximum absolute atomic E-state index is 13.1. The normalized spacial score (nSPS) is 17.1. The third-order valence-corrected chi connectivity index (χ3v) is 5.66. The van der Waals surface area contributed by atoms with E-state index in [9.17, 15) is 4.79 Å². The lowest BCUT2D eigenvalue weighted by molar-refractivity contribution is 0.0922. The number of aryl methyl sites for hydroxylation is 2. The van der Waals surface area contributed by atoms with Crippen molar-refractivity contribution in [3.8, 4) is 22.8 Å². The first-order valence-corrected chi connectivity index (χ1v) is 10.1. The zero-order valence-electron chi connectivity index (χ0n) is 16.4. The van der Waals surface area contributed by atoms with Gasteiger partial charge in [-0.25, -0.2) is 0 Å². The largest absolute Gasteiger partial charge is 0.454 e. The number of rotatable bonds is 4. The monoisotopic (exact) mass is 389 g/mol. The highest BCUT2D eigenvalue weighted by Crippen LogP contribution is 2.36. The molecule has 1 N–H and O–H groups in total. The lowest BCUT2D eigenvalue weighted by Crippen LogP contribution is -2.32. The minimum atomic E-state index is -0.0898. The van der Waals surface area contributed by atoms with Gasteiger partial charge in [0.15, 0.2) is 11.5 Å². The summed E-state index contributed by atoms with van der Waals surface area (Å²) in [5.74, 6) is 1.35. The summed E-state index contributed by atoms with van der Waals surface area (Å²) >= 11 is 0. The number of aromatic nitrogens is 2. The molecule has 5 rings (SSSR count). The Morgan fingerprint density at radius 2 is 2.03 bits per heavy atom. The molecule has 29 heavy (non-hydrogen) atoms. The van der Waals surface area contributed by atoms with Crippen LogP contribution in [0.15, 0.2) is 48.5 Å². The predicted octanol–water partition coefficient (Wildman–Crippen LogP) is 4.11. The van der Waals surface area contributed by atoms with Crippen molar-refractivity contribution in [3.05, 3.63) is 65.4 Å². The summed E-state index contributed by atoms with van der Waals surface area (Å²) in [6, 6.07) is 16.0. The average Bonchev–Trinajstić information content (AvgIpc) is 3.40. The second-order valence-electron chi connectivity index (χ2n) is 7.42.